The first-order valence-corrected chi connectivity index (χ1v) is 11.6. The van der Waals surface area contributed by atoms with Crippen molar-refractivity contribution in [2.24, 2.45) is 0 Å². The SMILES string of the molecule is C=C(C)C(=O)OCC(O)COC(=O)CCCCCCCCCCCCCCCC. The zero-order valence-corrected chi connectivity index (χ0v) is 18.9. The second kappa shape index (κ2) is 19.9. The van der Waals surface area contributed by atoms with Gasteiger partial charge in [-0.25, -0.2) is 4.79 Å². The first-order valence-electron chi connectivity index (χ1n) is 11.6. The lowest BCUT2D eigenvalue weighted by Gasteiger charge is -2.12. The summed E-state index contributed by atoms with van der Waals surface area (Å²) in [5.74, 6) is -0.869. The van der Waals surface area contributed by atoms with Gasteiger partial charge in [-0.1, -0.05) is 97.0 Å². The average Bonchev–Trinajstić information content (AvgIpc) is 2.70. The van der Waals surface area contributed by atoms with E-state index in [0.29, 0.717) is 6.42 Å². The van der Waals surface area contributed by atoms with Crippen molar-refractivity contribution in [2.75, 3.05) is 13.2 Å². The molecule has 0 radical (unpaired) electrons. The lowest BCUT2D eigenvalue weighted by Crippen LogP contribution is -2.25. The normalized spacial score (nSPS) is 11.8. The molecule has 29 heavy (non-hydrogen) atoms. The van der Waals surface area contributed by atoms with E-state index >= 15 is 0 Å². The van der Waals surface area contributed by atoms with Crippen LogP contribution in [0.25, 0.3) is 0 Å². The minimum atomic E-state index is -1.00. The zero-order chi connectivity index (χ0) is 21.7. The first-order chi connectivity index (χ1) is 14.0. The lowest BCUT2D eigenvalue weighted by molar-refractivity contribution is -0.150. The smallest absolute Gasteiger partial charge is 0.333 e. The van der Waals surface area contributed by atoms with Crippen molar-refractivity contribution in [1.82, 2.24) is 0 Å². The Morgan fingerprint density at radius 1 is 0.759 bits per heavy atom. The standard InChI is InChI=1S/C24H44O5/c1-4-5-6-7-8-9-10-11-12-13-14-15-16-17-18-23(26)28-19-22(25)20-29-24(27)21(2)3/h22,25H,2,4-20H2,1,3H3. The Bertz CT molecular complexity index is 433. The largest absolute Gasteiger partial charge is 0.463 e. The quantitative estimate of drug-likeness (QED) is 0.153. The second-order valence-corrected chi connectivity index (χ2v) is 8.06. The summed E-state index contributed by atoms with van der Waals surface area (Å²) in [6.07, 6.45) is 17.2. The van der Waals surface area contributed by atoms with Crippen molar-refractivity contribution in [3.63, 3.8) is 0 Å². The molecule has 0 saturated carbocycles. The predicted octanol–water partition coefficient (Wildman–Crippen LogP) is 5.88. The van der Waals surface area contributed by atoms with E-state index in [1.807, 2.05) is 0 Å². The van der Waals surface area contributed by atoms with Gasteiger partial charge in [0.25, 0.3) is 0 Å². The van der Waals surface area contributed by atoms with Crippen molar-refractivity contribution in [3.8, 4) is 0 Å². The molecule has 5 heteroatoms. The number of hydrogen-bond donors (Lipinski definition) is 1. The van der Waals surface area contributed by atoms with Crippen molar-refractivity contribution in [1.29, 1.82) is 0 Å². The molecular formula is C24H44O5. The molecule has 0 rings (SSSR count). The summed E-state index contributed by atoms with van der Waals surface area (Å²) in [7, 11) is 0. The number of rotatable bonds is 20. The van der Waals surface area contributed by atoms with Crippen molar-refractivity contribution in [2.45, 2.75) is 116 Å². The van der Waals surface area contributed by atoms with Gasteiger partial charge in [-0.05, 0) is 13.3 Å². The summed E-state index contributed by atoms with van der Waals surface area (Å²) >= 11 is 0. The highest BCUT2D eigenvalue weighted by Crippen LogP contribution is 2.13. The Morgan fingerprint density at radius 2 is 1.17 bits per heavy atom. The van der Waals surface area contributed by atoms with Crippen molar-refractivity contribution < 1.29 is 24.2 Å². The van der Waals surface area contributed by atoms with Gasteiger partial charge in [0, 0.05) is 12.0 Å². The molecule has 0 aromatic carbocycles. The number of hydrogen-bond acceptors (Lipinski definition) is 5. The highest BCUT2D eigenvalue weighted by atomic mass is 16.6. The van der Waals surface area contributed by atoms with Crippen LogP contribution in [0.15, 0.2) is 12.2 Å². The number of ether oxygens (including phenoxy) is 2. The van der Waals surface area contributed by atoms with Gasteiger partial charge in [0.1, 0.15) is 19.3 Å². The van der Waals surface area contributed by atoms with Crippen LogP contribution in [-0.4, -0.2) is 36.4 Å². The number of unbranched alkanes of at least 4 members (excludes halogenated alkanes) is 13. The number of carbonyl (C=O) groups is 2. The van der Waals surface area contributed by atoms with Crippen LogP contribution in [0.3, 0.4) is 0 Å². The molecular weight excluding hydrogens is 368 g/mol. The monoisotopic (exact) mass is 412 g/mol. The molecule has 0 aliphatic carbocycles. The third kappa shape index (κ3) is 19.7. The molecule has 0 saturated heterocycles. The molecule has 0 aromatic heterocycles. The van der Waals surface area contributed by atoms with Crippen LogP contribution in [0, 0.1) is 0 Å². The molecule has 0 heterocycles. The molecule has 0 spiro atoms. The van der Waals surface area contributed by atoms with Crippen LogP contribution >= 0.6 is 0 Å². The Morgan fingerprint density at radius 3 is 1.62 bits per heavy atom. The van der Waals surface area contributed by atoms with Crippen LogP contribution in [0.2, 0.25) is 0 Å². The fraction of sp³-hybridized carbons (Fsp3) is 0.833. The maximum absolute atomic E-state index is 11.7. The summed E-state index contributed by atoms with van der Waals surface area (Å²) in [5, 5.41) is 9.64. The molecule has 0 aliphatic rings. The molecule has 5 nitrogen and oxygen atoms in total. The van der Waals surface area contributed by atoms with Crippen LogP contribution in [0.5, 0.6) is 0 Å². The van der Waals surface area contributed by atoms with Gasteiger partial charge in [0.2, 0.25) is 0 Å². The van der Waals surface area contributed by atoms with E-state index < -0.39 is 12.1 Å². The maximum Gasteiger partial charge on any atom is 0.333 e. The number of esters is 2. The van der Waals surface area contributed by atoms with E-state index in [9.17, 15) is 14.7 Å². The first kappa shape index (κ1) is 27.6. The van der Waals surface area contributed by atoms with E-state index in [1.165, 1.54) is 77.6 Å². The Kier molecular flexibility index (Phi) is 19.0. The fourth-order valence-electron chi connectivity index (χ4n) is 3.07. The van der Waals surface area contributed by atoms with Crippen LogP contribution < -0.4 is 0 Å². The van der Waals surface area contributed by atoms with Crippen molar-refractivity contribution >= 4 is 11.9 Å². The number of carbonyl (C=O) groups excluding carboxylic acids is 2. The zero-order valence-electron chi connectivity index (χ0n) is 18.9. The van der Waals surface area contributed by atoms with Gasteiger partial charge in [-0.2, -0.15) is 0 Å². The van der Waals surface area contributed by atoms with Gasteiger partial charge < -0.3 is 14.6 Å². The molecule has 170 valence electrons. The van der Waals surface area contributed by atoms with Crippen LogP contribution in [0.1, 0.15) is 110 Å². The summed E-state index contributed by atoms with van der Waals surface area (Å²) in [6.45, 7) is 6.89. The summed E-state index contributed by atoms with van der Waals surface area (Å²) in [5.41, 5.74) is 0.270. The van der Waals surface area contributed by atoms with Gasteiger partial charge in [-0.3, -0.25) is 4.79 Å². The Balaban J connectivity index is 3.35. The summed E-state index contributed by atoms with van der Waals surface area (Å²) in [6, 6.07) is 0. The van der Waals surface area contributed by atoms with E-state index in [1.54, 1.807) is 0 Å². The van der Waals surface area contributed by atoms with E-state index in [-0.39, 0.29) is 24.8 Å². The number of aliphatic hydroxyl groups is 1. The van der Waals surface area contributed by atoms with Crippen molar-refractivity contribution in [3.05, 3.63) is 12.2 Å². The lowest BCUT2D eigenvalue weighted by atomic mass is 10.0. The summed E-state index contributed by atoms with van der Waals surface area (Å²) < 4.78 is 9.81. The minimum absolute atomic E-state index is 0.152. The Labute approximate surface area is 178 Å². The van der Waals surface area contributed by atoms with E-state index in [4.69, 9.17) is 9.47 Å². The van der Waals surface area contributed by atoms with Gasteiger partial charge in [0.15, 0.2) is 0 Å². The van der Waals surface area contributed by atoms with E-state index in [0.717, 1.165) is 19.3 Å². The molecule has 0 aliphatic heterocycles. The third-order valence-corrected chi connectivity index (χ3v) is 4.93. The van der Waals surface area contributed by atoms with Crippen LogP contribution in [0.4, 0.5) is 0 Å². The molecule has 0 fully saturated rings. The molecule has 1 N–H and O–H groups in total. The highest BCUT2D eigenvalue weighted by molar-refractivity contribution is 5.86. The van der Waals surface area contributed by atoms with E-state index in [2.05, 4.69) is 13.5 Å². The topological polar surface area (TPSA) is 72.8 Å². The third-order valence-electron chi connectivity index (χ3n) is 4.93. The van der Waals surface area contributed by atoms with Crippen LogP contribution in [-0.2, 0) is 19.1 Å². The number of aliphatic hydroxyl groups excluding tert-OH is 1. The maximum atomic E-state index is 11.7. The minimum Gasteiger partial charge on any atom is -0.463 e. The second-order valence-electron chi connectivity index (χ2n) is 8.06. The highest BCUT2D eigenvalue weighted by Gasteiger charge is 2.12. The molecule has 0 amide bonds. The molecule has 1 unspecified atom stereocenters. The fourth-order valence-corrected chi connectivity index (χ4v) is 3.07. The average molecular weight is 413 g/mol. The molecule has 0 bridgehead atoms. The predicted molar refractivity (Wildman–Crippen MR) is 118 cm³/mol. The Hall–Kier alpha value is -1.36. The summed E-state index contributed by atoms with van der Waals surface area (Å²) in [4.78, 5) is 22.9. The van der Waals surface area contributed by atoms with Gasteiger partial charge >= 0.3 is 11.9 Å². The van der Waals surface area contributed by atoms with Gasteiger partial charge in [-0.15, -0.1) is 0 Å². The molecule has 1 atom stereocenters. The van der Waals surface area contributed by atoms with Gasteiger partial charge in [0.05, 0.1) is 0 Å². The molecule has 0 aromatic rings.